The number of nitrogens with two attached hydrogens (primary N) is 1. The number of amides is 1. The molecule has 0 fully saturated rings. The van der Waals surface area contributed by atoms with Gasteiger partial charge in [-0.1, -0.05) is 12.1 Å². The topological polar surface area (TPSA) is 83.0 Å². The predicted molar refractivity (Wildman–Crippen MR) is 107 cm³/mol. The van der Waals surface area contributed by atoms with Crippen LogP contribution in [0.4, 0.5) is 0 Å². The summed E-state index contributed by atoms with van der Waals surface area (Å²) in [5.41, 5.74) is 10.3. The molecule has 0 aliphatic carbocycles. The molecule has 134 valence electrons. The first-order chi connectivity index (χ1) is 13.1. The molecule has 2 N–H and O–H groups in total. The Labute approximate surface area is 163 Å². The Bertz CT molecular complexity index is 1170. The molecule has 2 aromatic heterocycles. The summed E-state index contributed by atoms with van der Waals surface area (Å²) in [5, 5.41) is 0. The van der Waals surface area contributed by atoms with Gasteiger partial charge in [0.2, 0.25) is 5.91 Å². The van der Waals surface area contributed by atoms with E-state index in [1.807, 2.05) is 41.0 Å². The molecule has 27 heavy (non-hydrogen) atoms. The van der Waals surface area contributed by atoms with Gasteiger partial charge in [-0.25, -0.2) is 9.97 Å². The monoisotopic (exact) mass is 422 g/mol. The normalized spacial score (nSPS) is 10.9. The van der Waals surface area contributed by atoms with Crippen molar-refractivity contribution in [3.05, 3.63) is 71.2 Å². The highest BCUT2D eigenvalue weighted by Gasteiger charge is 2.11. The number of methoxy groups -OCH3 is 1. The number of ether oxygens (including phenoxy) is 1. The fraction of sp³-hybridized carbons (Fsp3) is 0.0500. The van der Waals surface area contributed by atoms with Gasteiger partial charge in [0.15, 0.2) is 0 Å². The van der Waals surface area contributed by atoms with E-state index in [0.29, 0.717) is 16.8 Å². The predicted octanol–water partition coefficient (Wildman–Crippen LogP) is 3.96. The Morgan fingerprint density at radius 2 is 2.00 bits per heavy atom. The van der Waals surface area contributed by atoms with Crippen LogP contribution >= 0.6 is 15.9 Å². The molecule has 1 amide bonds. The van der Waals surface area contributed by atoms with Crippen LogP contribution in [0, 0.1) is 0 Å². The van der Waals surface area contributed by atoms with E-state index in [4.69, 9.17) is 10.5 Å². The molecular formula is C20H15BrN4O2. The van der Waals surface area contributed by atoms with Gasteiger partial charge in [-0.2, -0.15) is 0 Å². The molecule has 0 unspecified atom stereocenters. The second-order valence-electron chi connectivity index (χ2n) is 5.94. The molecule has 0 bridgehead atoms. The zero-order valence-electron chi connectivity index (χ0n) is 14.4. The number of carbonyl (C=O) groups is 1. The van der Waals surface area contributed by atoms with E-state index in [1.54, 1.807) is 31.8 Å². The van der Waals surface area contributed by atoms with Gasteiger partial charge >= 0.3 is 0 Å². The highest BCUT2D eigenvalue weighted by atomic mass is 79.9. The summed E-state index contributed by atoms with van der Waals surface area (Å²) in [4.78, 5) is 20.0. The second kappa shape index (κ2) is 6.85. The summed E-state index contributed by atoms with van der Waals surface area (Å²) >= 11 is 3.41. The lowest BCUT2D eigenvalue weighted by Crippen LogP contribution is -2.10. The van der Waals surface area contributed by atoms with Crippen molar-refractivity contribution in [3.63, 3.8) is 0 Å². The lowest BCUT2D eigenvalue weighted by molar-refractivity contribution is 0.100. The summed E-state index contributed by atoms with van der Waals surface area (Å²) in [6.07, 6.45) is 3.41. The lowest BCUT2D eigenvalue weighted by Gasteiger charge is -2.11. The number of imidazole rings is 1. The number of carbonyl (C=O) groups excluding carboxylic acids is 1. The summed E-state index contributed by atoms with van der Waals surface area (Å²) in [7, 11) is 1.62. The smallest absolute Gasteiger partial charge is 0.248 e. The van der Waals surface area contributed by atoms with Crippen molar-refractivity contribution in [2.45, 2.75) is 0 Å². The number of fused-ring (bicyclic) bond motifs is 1. The van der Waals surface area contributed by atoms with Crippen molar-refractivity contribution in [2.75, 3.05) is 7.11 Å². The van der Waals surface area contributed by atoms with Crippen LogP contribution < -0.4 is 10.5 Å². The van der Waals surface area contributed by atoms with Crippen LogP contribution in [0.3, 0.4) is 0 Å². The van der Waals surface area contributed by atoms with Crippen LogP contribution in [0.1, 0.15) is 10.4 Å². The molecule has 4 rings (SSSR count). The third-order valence-corrected chi connectivity index (χ3v) is 4.75. The number of benzene rings is 2. The van der Waals surface area contributed by atoms with E-state index >= 15 is 0 Å². The molecule has 0 spiro atoms. The van der Waals surface area contributed by atoms with Gasteiger partial charge in [0.25, 0.3) is 0 Å². The summed E-state index contributed by atoms with van der Waals surface area (Å²) in [6.45, 7) is 0. The first-order valence-electron chi connectivity index (χ1n) is 8.14. The molecule has 6 nitrogen and oxygen atoms in total. The number of hydrogen-bond donors (Lipinski definition) is 1. The van der Waals surface area contributed by atoms with Gasteiger partial charge in [-0.05, 0) is 57.9 Å². The molecule has 0 saturated heterocycles. The highest BCUT2D eigenvalue weighted by molar-refractivity contribution is 9.10. The quantitative estimate of drug-likeness (QED) is 0.504. The number of aromatic nitrogens is 3. The molecule has 0 saturated carbocycles. The van der Waals surface area contributed by atoms with Crippen molar-refractivity contribution in [1.29, 1.82) is 0 Å². The minimum atomic E-state index is -0.469. The van der Waals surface area contributed by atoms with Crippen LogP contribution in [0.15, 0.2) is 65.7 Å². The van der Waals surface area contributed by atoms with E-state index in [9.17, 15) is 4.79 Å². The third kappa shape index (κ3) is 3.17. The molecule has 0 radical (unpaired) electrons. The number of halogens is 1. The minimum Gasteiger partial charge on any atom is -0.494 e. The first kappa shape index (κ1) is 17.2. The highest BCUT2D eigenvalue weighted by Crippen LogP contribution is 2.32. The molecule has 2 heterocycles. The van der Waals surface area contributed by atoms with Gasteiger partial charge in [0.1, 0.15) is 16.7 Å². The van der Waals surface area contributed by atoms with E-state index < -0.39 is 5.91 Å². The Hall–Kier alpha value is -3.19. The molecule has 2 aromatic carbocycles. The Kier molecular flexibility index (Phi) is 4.37. The molecule has 7 heteroatoms. The van der Waals surface area contributed by atoms with E-state index in [-0.39, 0.29) is 0 Å². The molecule has 0 aliphatic heterocycles. The van der Waals surface area contributed by atoms with Crippen LogP contribution in [-0.4, -0.2) is 27.6 Å². The van der Waals surface area contributed by atoms with E-state index in [1.165, 1.54) is 0 Å². The number of nitrogens with zero attached hydrogens (tertiary/aromatic N) is 3. The first-order valence-corrected chi connectivity index (χ1v) is 8.93. The zero-order valence-corrected chi connectivity index (χ0v) is 16.0. The summed E-state index contributed by atoms with van der Waals surface area (Å²) < 4.78 is 8.14. The average Bonchev–Trinajstić information content (AvgIpc) is 3.11. The van der Waals surface area contributed by atoms with Gasteiger partial charge in [0.05, 0.1) is 24.3 Å². The average molecular weight is 423 g/mol. The maximum Gasteiger partial charge on any atom is 0.248 e. The van der Waals surface area contributed by atoms with Crippen molar-refractivity contribution in [1.82, 2.24) is 14.5 Å². The second-order valence-corrected chi connectivity index (χ2v) is 6.75. The SMILES string of the molecule is COc1cnc(Br)cc1-c1cccc(-n2cnc3cc(C(N)=O)ccc32)c1. The van der Waals surface area contributed by atoms with E-state index in [2.05, 4.69) is 25.9 Å². The Balaban J connectivity index is 1.83. The van der Waals surface area contributed by atoms with Crippen LogP contribution in [0.25, 0.3) is 27.8 Å². The van der Waals surface area contributed by atoms with E-state index in [0.717, 1.165) is 26.9 Å². The molecule has 4 aromatic rings. The van der Waals surface area contributed by atoms with Crippen molar-refractivity contribution >= 4 is 32.9 Å². The maximum absolute atomic E-state index is 11.4. The fourth-order valence-electron chi connectivity index (χ4n) is 3.00. The fourth-order valence-corrected chi connectivity index (χ4v) is 3.33. The van der Waals surface area contributed by atoms with Crippen LogP contribution in [-0.2, 0) is 0 Å². The standard InChI is InChI=1S/C20H15BrN4O2/c1-27-18-10-23-19(21)9-15(18)12-3-2-4-14(7-12)25-11-24-16-8-13(20(22)26)5-6-17(16)25/h2-11H,1H3,(H2,22,26). The lowest BCUT2D eigenvalue weighted by atomic mass is 10.1. The largest absolute Gasteiger partial charge is 0.494 e. The zero-order chi connectivity index (χ0) is 19.0. The molecular weight excluding hydrogens is 408 g/mol. The number of pyridine rings is 1. The van der Waals surface area contributed by atoms with Crippen molar-refractivity contribution < 1.29 is 9.53 Å². The summed E-state index contributed by atoms with van der Waals surface area (Å²) in [5.74, 6) is 0.223. The van der Waals surface area contributed by atoms with Crippen LogP contribution in [0.2, 0.25) is 0 Å². The van der Waals surface area contributed by atoms with Gasteiger partial charge in [-0.3, -0.25) is 9.36 Å². The summed E-state index contributed by atoms with van der Waals surface area (Å²) in [6, 6.07) is 15.2. The number of rotatable bonds is 4. The van der Waals surface area contributed by atoms with Gasteiger partial charge < -0.3 is 10.5 Å². The van der Waals surface area contributed by atoms with Crippen LogP contribution in [0.5, 0.6) is 5.75 Å². The maximum atomic E-state index is 11.4. The Morgan fingerprint density at radius 3 is 2.78 bits per heavy atom. The minimum absolute atomic E-state index is 0.438. The van der Waals surface area contributed by atoms with Gasteiger partial charge in [0, 0.05) is 16.8 Å². The van der Waals surface area contributed by atoms with Crippen molar-refractivity contribution in [3.8, 4) is 22.6 Å². The molecule has 0 atom stereocenters. The third-order valence-electron chi connectivity index (χ3n) is 4.32. The molecule has 0 aliphatic rings. The Morgan fingerprint density at radius 1 is 1.15 bits per heavy atom. The number of primary amides is 1. The van der Waals surface area contributed by atoms with Gasteiger partial charge in [-0.15, -0.1) is 0 Å². The number of hydrogen-bond acceptors (Lipinski definition) is 4. The van der Waals surface area contributed by atoms with Crippen molar-refractivity contribution in [2.24, 2.45) is 5.73 Å².